The van der Waals surface area contributed by atoms with Gasteiger partial charge in [-0.05, 0) is 40.8 Å². The minimum atomic E-state index is -1.04. The lowest BCUT2D eigenvalue weighted by Crippen LogP contribution is -2.11. The maximum Gasteiger partial charge on any atom is 0.354 e. The minimum Gasteiger partial charge on any atom is -0.489 e. The zero-order chi connectivity index (χ0) is 15.5. The molecule has 0 amide bonds. The fraction of sp³-hybridized carbons (Fsp3) is 0.294. The Morgan fingerprint density at radius 1 is 1.24 bits per heavy atom. The van der Waals surface area contributed by atoms with E-state index >= 15 is 0 Å². The number of benzene rings is 1. The molecule has 4 heteroatoms. The Labute approximate surface area is 124 Å². The number of ether oxygens (including phenoxy) is 1. The van der Waals surface area contributed by atoms with Gasteiger partial charge in [0.15, 0.2) is 0 Å². The van der Waals surface area contributed by atoms with Crippen LogP contribution in [0.3, 0.4) is 0 Å². The SMILES string of the molecule is CC(C)(C)c1cccc(OCc2ccnc(C(=O)O)c2)c1. The fourth-order valence-corrected chi connectivity index (χ4v) is 1.90. The lowest BCUT2D eigenvalue weighted by molar-refractivity contribution is 0.0690. The van der Waals surface area contributed by atoms with E-state index in [1.807, 2.05) is 18.2 Å². The van der Waals surface area contributed by atoms with Crippen LogP contribution in [0.15, 0.2) is 42.6 Å². The van der Waals surface area contributed by atoms with Gasteiger partial charge in [-0.3, -0.25) is 0 Å². The van der Waals surface area contributed by atoms with E-state index in [-0.39, 0.29) is 11.1 Å². The Morgan fingerprint density at radius 3 is 2.67 bits per heavy atom. The predicted octanol–water partition coefficient (Wildman–Crippen LogP) is 3.66. The number of nitrogens with zero attached hydrogens (tertiary/aromatic N) is 1. The van der Waals surface area contributed by atoms with Gasteiger partial charge in [-0.15, -0.1) is 0 Å². The molecule has 0 fully saturated rings. The Hall–Kier alpha value is -2.36. The molecule has 21 heavy (non-hydrogen) atoms. The van der Waals surface area contributed by atoms with Crippen LogP contribution in [0.1, 0.15) is 42.4 Å². The predicted molar refractivity (Wildman–Crippen MR) is 80.7 cm³/mol. The standard InChI is InChI=1S/C17H19NO3/c1-17(2,3)13-5-4-6-14(10-13)21-11-12-7-8-18-15(9-12)16(19)20/h4-10H,11H2,1-3H3,(H,19,20). The first-order valence-electron chi connectivity index (χ1n) is 6.78. The second-order valence-corrected chi connectivity index (χ2v) is 5.92. The zero-order valence-corrected chi connectivity index (χ0v) is 12.5. The zero-order valence-electron chi connectivity index (χ0n) is 12.5. The van der Waals surface area contributed by atoms with Crippen molar-refractivity contribution in [3.63, 3.8) is 0 Å². The summed E-state index contributed by atoms with van der Waals surface area (Å²) in [4.78, 5) is 14.7. The molecule has 0 unspecified atom stereocenters. The van der Waals surface area contributed by atoms with Crippen LogP contribution in [0.25, 0.3) is 0 Å². The van der Waals surface area contributed by atoms with E-state index in [0.717, 1.165) is 11.3 Å². The normalized spacial score (nSPS) is 11.2. The molecule has 4 nitrogen and oxygen atoms in total. The number of carboxylic acid groups (broad SMARTS) is 1. The van der Waals surface area contributed by atoms with Gasteiger partial charge >= 0.3 is 5.97 Å². The van der Waals surface area contributed by atoms with Gasteiger partial charge in [-0.2, -0.15) is 0 Å². The number of aromatic nitrogens is 1. The number of carbonyl (C=O) groups is 1. The molecule has 1 aromatic carbocycles. The topological polar surface area (TPSA) is 59.4 Å². The lowest BCUT2D eigenvalue weighted by Gasteiger charge is -2.19. The summed E-state index contributed by atoms with van der Waals surface area (Å²) in [6, 6.07) is 11.2. The molecule has 0 bridgehead atoms. The quantitative estimate of drug-likeness (QED) is 0.931. The third-order valence-corrected chi connectivity index (χ3v) is 3.15. The van der Waals surface area contributed by atoms with Gasteiger partial charge in [0.05, 0.1) is 0 Å². The van der Waals surface area contributed by atoms with Gasteiger partial charge in [0.2, 0.25) is 0 Å². The van der Waals surface area contributed by atoms with Crippen molar-refractivity contribution in [1.82, 2.24) is 4.98 Å². The summed E-state index contributed by atoms with van der Waals surface area (Å²) in [6.07, 6.45) is 1.48. The molecule has 2 aromatic rings. The molecule has 0 aliphatic rings. The van der Waals surface area contributed by atoms with E-state index in [1.165, 1.54) is 17.8 Å². The molecular formula is C17H19NO3. The van der Waals surface area contributed by atoms with Crippen LogP contribution in [-0.4, -0.2) is 16.1 Å². The molecule has 0 saturated carbocycles. The van der Waals surface area contributed by atoms with Crippen molar-refractivity contribution in [2.75, 3.05) is 0 Å². The number of hydrogen-bond donors (Lipinski definition) is 1. The molecule has 2 rings (SSSR count). The summed E-state index contributed by atoms with van der Waals surface area (Å²) in [5.41, 5.74) is 2.07. The molecule has 0 aliphatic heterocycles. The van der Waals surface area contributed by atoms with Gasteiger partial charge < -0.3 is 9.84 Å². The van der Waals surface area contributed by atoms with Crippen molar-refractivity contribution in [2.24, 2.45) is 0 Å². The number of hydrogen-bond acceptors (Lipinski definition) is 3. The van der Waals surface area contributed by atoms with Gasteiger partial charge in [0.25, 0.3) is 0 Å². The van der Waals surface area contributed by atoms with E-state index < -0.39 is 5.97 Å². The third kappa shape index (κ3) is 4.05. The first kappa shape index (κ1) is 15.0. The summed E-state index contributed by atoms with van der Waals surface area (Å²) in [6.45, 7) is 6.76. The second-order valence-electron chi connectivity index (χ2n) is 5.92. The number of aromatic carboxylic acids is 1. The highest BCUT2D eigenvalue weighted by Gasteiger charge is 2.14. The Balaban J connectivity index is 2.10. The van der Waals surface area contributed by atoms with Crippen LogP contribution in [0, 0.1) is 0 Å². The molecule has 0 saturated heterocycles. The van der Waals surface area contributed by atoms with Crippen LogP contribution in [0.4, 0.5) is 0 Å². The van der Waals surface area contributed by atoms with Crippen molar-refractivity contribution in [3.8, 4) is 5.75 Å². The smallest absolute Gasteiger partial charge is 0.354 e. The first-order chi connectivity index (χ1) is 9.86. The molecule has 1 heterocycles. The highest BCUT2D eigenvalue weighted by molar-refractivity contribution is 5.85. The first-order valence-corrected chi connectivity index (χ1v) is 6.78. The molecule has 0 spiro atoms. The van der Waals surface area contributed by atoms with E-state index in [1.54, 1.807) is 6.07 Å². The van der Waals surface area contributed by atoms with Crippen molar-refractivity contribution in [1.29, 1.82) is 0 Å². The van der Waals surface area contributed by atoms with Crippen LogP contribution < -0.4 is 4.74 Å². The molecule has 0 aliphatic carbocycles. The lowest BCUT2D eigenvalue weighted by atomic mass is 9.87. The van der Waals surface area contributed by atoms with E-state index in [4.69, 9.17) is 9.84 Å². The molecular weight excluding hydrogens is 266 g/mol. The monoisotopic (exact) mass is 285 g/mol. The van der Waals surface area contributed by atoms with Crippen molar-refractivity contribution < 1.29 is 14.6 Å². The summed E-state index contributed by atoms with van der Waals surface area (Å²) < 4.78 is 5.74. The Morgan fingerprint density at radius 2 is 2.00 bits per heavy atom. The van der Waals surface area contributed by atoms with Gasteiger partial charge in [-0.1, -0.05) is 32.9 Å². The fourth-order valence-electron chi connectivity index (χ4n) is 1.90. The number of pyridine rings is 1. The van der Waals surface area contributed by atoms with Crippen LogP contribution in [-0.2, 0) is 12.0 Å². The van der Waals surface area contributed by atoms with Crippen LogP contribution in [0.5, 0.6) is 5.75 Å². The number of rotatable bonds is 4. The third-order valence-electron chi connectivity index (χ3n) is 3.15. The summed E-state index contributed by atoms with van der Waals surface area (Å²) in [5, 5.41) is 8.92. The largest absolute Gasteiger partial charge is 0.489 e. The van der Waals surface area contributed by atoms with E-state index in [2.05, 4.69) is 31.8 Å². The molecule has 1 N–H and O–H groups in total. The summed E-state index contributed by atoms with van der Waals surface area (Å²) >= 11 is 0. The summed E-state index contributed by atoms with van der Waals surface area (Å²) in [7, 11) is 0. The maximum atomic E-state index is 10.9. The number of carboxylic acids is 1. The second kappa shape index (κ2) is 5.95. The maximum absolute atomic E-state index is 10.9. The molecule has 110 valence electrons. The Bertz CT molecular complexity index is 644. The van der Waals surface area contributed by atoms with Crippen molar-refractivity contribution in [3.05, 3.63) is 59.4 Å². The van der Waals surface area contributed by atoms with Crippen molar-refractivity contribution in [2.45, 2.75) is 32.8 Å². The molecule has 0 atom stereocenters. The van der Waals surface area contributed by atoms with Crippen molar-refractivity contribution >= 4 is 5.97 Å². The van der Waals surface area contributed by atoms with E-state index in [0.29, 0.717) is 6.61 Å². The molecule has 1 aromatic heterocycles. The van der Waals surface area contributed by atoms with Gasteiger partial charge in [-0.25, -0.2) is 9.78 Å². The highest BCUT2D eigenvalue weighted by Crippen LogP contribution is 2.26. The Kier molecular flexibility index (Phi) is 4.26. The molecule has 0 radical (unpaired) electrons. The van der Waals surface area contributed by atoms with Crippen LogP contribution in [0.2, 0.25) is 0 Å². The average molecular weight is 285 g/mol. The average Bonchev–Trinajstić information content (AvgIpc) is 2.45. The summed E-state index contributed by atoms with van der Waals surface area (Å²) in [5.74, 6) is -0.261. The van der Waals surface area contributed by atoms with Crippen LogP contribution >= 0.6 is 0 Å². The highest BCUT2D eigenvalue weighted by atomic mass is 16.5. The van der Waals surface area contributed by atoms with Gasteiger partial charge in [0.1, 0.15) is 18.1 Å². The van der Waals surface area contributed by atoms with Gasteiger partial charge in [0, 0.05) is 6.20 Å². The van der Waals surface area contributed by atoms with E-state index in [9.17, 15) is 4.79 Å². The minimum absolute atomic E-state index is 0.0274.